The van der Waals surface area contributed by atoms with Crippen LogP contribution in [0, 0.1) is 6.92 Å². The Hall–Kier alpha value is -3.94. The van der Waals surface area contributed by atoms with Crippen molar-refractivity contribution in [2.75, 3.05) is 18.0 Å². The molecule has 0 unspecified atom stereocenters. The molecule has 8 heteroatoms. The minimum absolute atomic E-state index is 0.113. The summed E-state index contributed by atoms with van der Waals surface area (Å²) < 4.78 is 5.13. The molecule has 1 aliphatic heterocycles. The summed E-state index contributed by atoms with van der Waals surface area (Å²) >= 11 is 0. The molecule has 33 heavy (non-hydrogen) atoms. The molecular formula is C25H25N7O. The Morgan fingerprint density at radius 1 is 0.939 bits per heavy atom. The van der Waals surface area contributed by atoms with Gasteiger partial charge in [0.25, 0.3) is 0 Å². The number of aromatic nitrogens is 6. The highest BCUT2D eigenvalue weighted by atomic mass is 16.1. The molecule has 4 aromatic heterocycles. The van der Waals surface area contributed by atoms with Gasteiger partial charge < -0.3 is 4.90 Å². The maximum absolute atomic E-state index is 13.3. The van der Waals surface area contributed by atoms with Crippen molar-refractivity contribution in [3.05, 3.63) is 65.1 Å². The minimum Gasteiger partial charge on any atom is -0.357 e. The van der Waals surface area contributed by atoms with Crippen molar-refractivity contribution in [1.29, 1.82) is 0 Å². The fourth-order valence-corrected chi connectivity index (χ4v) is 4.90. The van der Waals surface area contributed by atoms with Crippen LogP contribution in [0.3, 0.4) is 0 Å². The van der Waals surface area contributed by atoms with Crippen LogP contribution in [0.4, 0.5) is 5.82 Å². The van der Waals surface area contributed by atoms with Crippen LogP contribution in [-0.4, -0.2) is 42.0 Å². The van der Waals surface area contributed by atoms with Crippen LogP contribution in [-0.2, 0) is 14.1 Å². The Kier molecular flexibility index (Phi) is 4.36. The maximum atomic E-state index is 13.3. The Morgan fingerprint density at radius 2 is 1.73 bits per heavy atom. The van der Waals surface area contributed by atoms with Crippen LogP contribution in [0.25, 0.3) is 38.8 Å². The van der Waals surface area contributed by atoms with E-state index in [-0.39, 0.29) is 5.69 Å². The largest absolute Gasteiger partial charge is 0.357 e. The van der Waals surface area contributed by atoms with Gasteiger partial charge in [0.1, 0.15) is 5.82 Å². The highest BCUT2D eigenvalue weighted by molar-refractivity contribution is 6.04. The maximum Gasteiger partial charge on any atom is 0.333 e. The van der Waals surface area contributed by atoms with Crippen molar-refractivity contribution >= 4 is 27.8 Å². The Bertz CT molecular complexity index is 1570. The average Bonchev–Trinajstić information content (AvgIpc) is 3.53. The number of nitrogens with zero attached hydrogens (tertiary/aromatic N) is 7. The van der Waals surface area contributed by atoms with Crippen molar-refractivity contribution < 1.29 is 0 Å². The van der Waals surface area contributed by atoms with E-state index in [1.165, 1.54) is 12.8 Å². The van der Waals surface area contributed by atoms with Gasteiger partial charge in [-0.3, -0.25) is 18.8 Å². The van der Waals surface area contributed by atoms with Gasteiger partial charge in [-0.25, -0.2) is 9.78 Å². The zero-order chi connectivity index (χ0) is 22.7. The average molecular weight is 440 g/mol. The highest BCUT2D eigenvalue weighted by Gasteiger charge is 2.19. The molecule has 166 valence electrons. The van der Waals surface area contributed by atoms with Gasteiger partial charge in [0.05, 0.1) is 34.1 Å². The van der Waals surface area contributed by atoms with Gasteiger partial charge in [-0.2, -0.15) is 5.10 Å². The molecule has 0 aliphatic carbocycles. The van der Waals surface area contributed by atoms with Crippen LogP contribution in [0.15, 0.2) is 53.7 Å². The van der Waals surface area contributed by atoms with E-state index in [2.05, 4.69) is 39.2 Å². The third-order valence-electron chi connectivity index (χ3n) is 6.62. The molecule has 0 radical (unpaired) electrons. The second kappa shape index (κ2) is 7.30. The lowest BCUT2D eigenvalue weighted by atomic mass is 10.0. The number of pyridine rings is 2. The first kappa shape index (κ1) is 19.7. The van der Waals surface area contributed by atoms with Crippen molar-refractivity contribution in [1.82, 2.24) is 28.9 Å². The molecular weight excluding hydrogens is 414 g/mol. The molecule has 1 fully saturated rings. The van der Waals surface area contributed by atoms with Gasteiger partial charge >= 0.3 is 5.69 Å². The normalized spacial score (nSPS) is 14.1. The first-order valence-corrected chi connectivity index (χ1v) is 11.2. The number of anilines is 1. The van der Waals surface area contributed by atoms with E-state index in [1.54, 1.807) is 27.1 Å². The lowest BCUT2D eigenvalue weighted by Crippen LogP contribution is -2.21. The summed E-state index contributed by atoms with van der Waals surface area (Å²) in [7, 11) is 3.65. The predicted octanol–water partition coefficient (Wildman–Crippen LogP) is 3.58. The fraction of sp³-hybridized carbons (Fsp3) is 0.280. The van der Waals surface area contributed by atoms with Gasteiger partial charge in [-0.15, -0.1) is 0 Å². The summed E-state index contributed by atoms with van der Waals surface area (Å²) in [6.45, 7) is 4.07. The van der Waals surface area contributed by atoms with Crippen molar-refractivity contribution in [2.45, 2.75) is 19.8 Å². The van der Waals surface area contributed by atoms with Crippen molar-refractivity contribution in [3.8, 4) is 16.8 Å². The summed E-state index contributed by atoms with van der Waals surface area (Å²) in [4.78, 5) is 24.9. The molecule has 0 bridgehead atoms. The number of rotatable bonds is 3. The highest BCUT2D eigenvalue weighted by Crippen LogP contribution is 2.30. The predicted molar refractivity (Wildman–Crippen MR) is 130 cm³/mol. The Morgan fingerprint density at radius 3 is 2.42 bits per heavy atom. The standard InChI is InChI=1S/C25H25N7O/c1-16-22(15-29(2)28-16)32-24-19-12-17(6-8-20(19)26-14-21(24)30(3)25(32)33)18-7-9-23(27-13-18)31-10-4-5-11-31/h6-9,12-15H,4-5,10-11H2,1-3H3. The van der Waals surface area contributed by atoms with E-state index in [0.29, 0.717) is 0 Å². The minimum atomic E-state index is -0.113. The third-order valence-corrected chi connectivity index (χ3v) is 6.62. The molecule has 6 rings (SSSR count). The number of fused-ring (bicyclic) bond motifs is 3. The summed E-state index contributed by atoms with van der Waals surface area (Å²) in [5.41, 5.74) is 6.02. The van der Waals surface area contributed by atoms with Gasteiger partial charge in [0, 0.05) is 50.5 Å². The molecule has 0 amide bonds. The van der Waals surface area contributed by atoms with Crippen LogP contribution in [0.2, 0.25) is 0 Å². The fourth-order valence-electron chi connectivity index (χ4n) is 4.90. The molecule has 5 heterocycles. The van der Waals surface area contributed by atoms with Crippen molar-refractivity contribution in [2.24, 2.45) is 14.1 Å². The van der Waals surface area contributed by atoms with E-state index in [0.717, 1.165) is 63.4 Å². The number of imidazole rings is 1. The smallest absolute Gasteiger partial charge is 0.333 e. The lowest BCUT2D eigenvalue weighted by Gasteiger charge is -2.16. The first-order chi connectivity index (χ1) is 16.0. The molecule has 8 nitrogen and oxygen atoms in total. The Labute approximate surface area is 190 Å². The van der Waals surface area contributed by atoms with E-state index < -0.39 is 0 Å². The molecule has 0 N–H and O–H groups in total. The van der Waals surface area contributed by atoms with Gasteiger partial charge in [0.2, 0.25) is 0 Å². The summed E-state index contributed by atoms with van der Waals surface area (Å²) in [6.07, 6.45) is 8.05. The summed E-state index contributed by atoms with van der Waals surface area (Å²) in [6, 6.07) is 10.4. The van der Waals surface area contributed by atoms with E-state index in [4.69, 9.17) is 4.98 Å². The van der Waals surface area contributed by atoms with Crippen LogP contribution in [0.5, 0.6) is 0 Å². The number of aryl methyl sites for hydroxylation is 3. The number of hydrogen-bond donors (Lipinski definition) is 0. The quantitative estimate of drug-likeness (QED) is 0.430. The number of benzene rings is 1. The van der Waals surface area contributed by atoms with Crippen LogP contribution >= 0.6 is 0 Å². The van der Waals surface area contributed by atoms with Crippen LogP contribution in [0.1, 0.15) is 18.5 Å². The third kappa shape index (κ3) is 3.05. The molecule has 1 aromatic carbocycles. The monoisotopic (exact) mass is 439 g/mol. The first-order valence-electron chi connectivity index (χ1n) is 11.2. The van der Waals surface area contributed by atoms with Crippen LogP contribution < -0.4 is 10.6 Å². The second-order valence-corrected chi connectivity index (χ2v) is 8.77. The summed E-state index contributed by atoms with van der Waals surface area (Å²) in [5.74, 6) is 1.03. The molecule has 1 aliphatic rings. The van der Waals surface area contributed by atoms with Gasteiger partial charge in [0.15, 0.2) is 0 Å². The molecule has 0 saturated carbocycles. The molecule has 0 atom stereocenters. The molecule has 5 aromatic rings. The zero-order valence-corrected chi connectivity index (χ0v) is 19.0. The Balaban J connectivity index is 1.55. The zero-order valence-electron chi connectivity index (χ0n) is 19.0. The molecule has 0 spiro atoms. The topological polar surface area (TPSA) is 73.8 Å². The van der Waals surface area contributed by atoms with Gasteiger partial charge in [-0.05, 0) is 49.6 Å². The van der Waals surface area contributed by atoms with E-state index in [9.17, 15) is 4.79 Å². The summed E-state index contributed by atoms with van der Waals surface area (Å²) in [5, 5.41) is 5.38. The number of hydrogen-bond acceptors (Lipinski definition) is 5. The van der Waals surface area contributed by atoms with E-state index in [1.807, 2.05) is 32.4 Å². The van der Waals surface area contributed by atoms with E-state index >= 15 is 0 Å². The van der Waals surface area contributed by atoms with Crippen molar-refractivity contribution in [3.63, 3.8) is 0 Å². The SMILES string of the molecule is Cc1nn(C)cc1-n1c(=O)n(C)c2cnc3ccc(-c4ccc(N5CCCC5)nc4)cc3c21. The lowest BCUT2D eigenvalue weighted by molar-refractivity contribution is 0.756. The van der Waals surface area contributed by atoms with Gasteiger partial charge in [-0.1, -0.05) is 6.07 Å². The second-order valence-electron chi connectivity index (χ2n) is 8.77. The molecule has 1 saturated heterocycles.